The first kappa shape index (κ1) is 23.7. The number of piperidine rings is 1. The van der Waals surface area contributed by atoms with Gasteiger partial charge in [-0.15, -0.1) is 0 Å². The molecular formula is C32H45N3. The summed E-state index contributed by atoms with van der Waals surface area (Å²) in [5.41, 5.74) is 8.68. The van der Waals surface area contributed by atoms with E-state index in [1.807, 2.05) is 0 Å². The van der Waals surface area contributed by atoms with Crippen molar-refractivity contribution in [2.45, 2.75) is 89.8 Å². The van der Waals surface area contributed by atoms with Gasteiger partial charge in [-0.1, -0.05) is 56.3 Å². The lowest BCUT2D eigenvalue weighted by molar-refractivity contribution is -0.0650. The number of nitrogens with zero attached hydrogens (tertiary/aromatic N) is 2. The van der Waals surface area contributed by atoms with Crippen molar-refractivity contribution in [1.82, 2.24) is 15.1 Å². The van der Waals surface area contributed by atoms with Crippen LogP contribution in [0.3, 0.4) is 0 Å². The number of rotatable bonds is 5. The largest absolute Gasteiger partial charge is 0.317 e. The van der Waals surface area contributed by atoms with Crippen molar-refractivity contribution in [2.24, 2.45) is 5.41 Å². The van der Waals surface area contributed by atoms with Gasteiger partial charge in [-0.05, 0) is 104 Å². The molecule has 2 aliphatic carbocycles. The highest BCUT2D eigenvalue weighted by molar-refractivity contribution is 5.37. The van der Waals surface area contributed by atoms with Crippen LogP contribution in [0.25, 0.3) is 0 Å². The van der Waals surface area contributed by atoms with Gasteiger partial charge in [-0.3, -0.25) is 9.80 Å². The minimum atomic E-state index is 0.519. The topological polar surface area (TPSA) is 18.5 Å². The first-order valence-electron chi connectivity index (χ1n) is 14.5. The molecule has 2 aliphatic heterocycles. The molecule has 1 spiro atoms. The van der Waals surface area contributed by atoms with Crippen molar-refractivity contribution < 1.29 is 0 Å². The van der Waals surface area contributed by atoms with E-state index in [0.717, 1.165) is 12.6 Å². The van der Waals surface area contributed by atoms with Gasteiger partial charge >= 0.3 is 0 Å². The Morgan fingerprint density at radius 1 is 0.943 bits per heavy atom. The monoisotopic (exact) mass is 471 g/mol. The fraction of sp³-hybridized carbons (Fsp3) is 0.625. The number of piperazine rings is 1. The summed E-state index contributed by atoms with van der Waals surface area (Å²) in [6, 6.07) is 17.8. The number of aryl methyl sites for hydroxylation is 1. The van der Waals surface area contributed by atoms with Crippen LogP contribution in [0.1, 0.15) is 92.1 Å². The SMILES string of the molecule is CC(C)c1ccccc1C1CN(Cc2cccc3c2CCCC3)CCN1C1CC2(CCNCC2)C1. The van der Waals surface area contributed by atoms with Gasteiger partial charge in [-0.2, -0.15) is 0 Å². The minimum Gasteiger partial charge on any atom is -0.317 e. The van der Waals surface area contributed by atoms with E-state index in [1.165, 1.54) is 84.1 Å². The Labute approximate surface area is 213 Å². The van der Waals surface area contributed by atoms with Crippen LogP contribution in [0.4, 0.5) is 0 Å². The van der Waals surface area contributed by atoms with Gasteiger partial charge in [0.05, 0.1) is 0 Å². The van der Waals surface area contributed by atoms with E-state index in [1.54, 1.807) is 27.8 Å². The molecule has 0 aromatic heterocycles. The van der Waals surface area contributed by atoms with Crippen molar-refractivity contribution in [1.29, 1.82) is 0 Å². The second-order valence-electron chi connectivity index (χ2n) is 12.3. The second kappa shape index (κ2) is 10.00. The van der Waals surface area contributed by atoms with Gasteiger partial charge in [-0.25, -0.2) is 0 Å². The zero-order valence-electron chi connectivity index (χ0n) is 22.1. The first-order valence-corrected chi connectivity index (χ1v) is 14.5. The standard InChI is InChI=1S/C32H45N3/c1-24(2)28-11-5-6-13-30(28)31-23-34(22-26-10-7-9-25-8-3-4-12-29(25)26)18-19-35(31)27-20-32(21-27)14-16-33-17-15-32/h5-7,9-11,13,24,27,31,33H,3-4,8,12,14-23H2,1-2H3. The maximum atomic E-state index is 3.59. The van der Waals surface area contributed by atoms with Crippen molar-refractivity contribution >= 4 is 0 Å². The molecule has 1 saturated carbocycles. The predicted octanol–water partition coefficient (Wildman–Crippen LogP) is 6.08. The van der Waals surface area contributed by atoms with Crippen LogP contribution < -0.4 is 5.32 Å². The number of fused-ring (bicyclic) bond motifs is 1. The molecule has 4 aliphatic rings. The van der Waals surface area contributed by atoms with Crippen molar-refractivity contribution in [3.8, 4) is 0 Å². The molecule has 3 nitrogen and oxygen atoms in total. The van der Waals surface area contributed by atoms with E-state index in [0.29, 0.717) is 17.4 Å². The van der Waals surface area contributed by atoms with Crippen molar-refractivity contribution in [3.05, 3.63) is 70.3 Å². The van der Waals surface area contributed by atoms with Gasteiger partial charge in [0.25, 0.3) is 0 Å². The second-order valence-corrected chi connectivity index (χ2v) is 12.3. The highest BCUT2D eigenvalue weighted by Gasteiger charge is 2.49. The molecule has 3 heteroatoms. The minimum absolute atomic E-state index is 0.519. The Hall–Kier alpha value is -1.68. The van der Waals surface area contributed by atoms with E-state index in [-0.39, 0.29) is 0 Å². The molecule has 188 valence electrons. The summed E-state index contributed by atoms with van der Waals surface area (Å²) in [7, 11) is 0. The van der Waals surface area contributed by atoms with Gasteiger partial charge in [0, 0.05) is 38.3 Å². The zero-order chi connectivity index (χ0) is 23.8. The lowest BCUT2D eigenvalue weighted by Crippen LogP contribution is -2.59. The molecule has 2 heterocycles. The van der Waals surface area contributed by atoms with E-state index in [9.17, 15) is 0 Å². The third-order valence-corrected chi connectivity index (χ3v) is 9.84. The quantitative estimate of drug-likeness (QED) is 0.570. The summed E-state index contributed by atoms with van der Waals surface area (Å²) >= 11 is 0. The molecule has 35 heavy (non-hydrogen) atoms. The summed E-state index contributed by atoms with van der Waals surface area (Å²) in [5, 5.41) is 3.59. The van der Waals surface area contributed by atoms with Crippen molar-refractivity contribution in [3.63, 3.8) is 0 Å². The highest BCUT2D eigenvalue weighted by atomic mass is 15.3. The van der Waals surface area contributed by atoms with Gasteiger partial charge in [0.2, 0.25) is 0 Å². The normalized spacial score (nSPS) is 25.5. The fourth-order valence-corrected chi connectivity index (χ4v) is 7.84. The number of nitrogens with one attached hydrogen (secondary N) is 1. The molecule has 6 rings (SSSR count). The number of hydrogen-bond acceptors (Lipinski definition) is 3. The van der Waals surface area contributed by atoms with Crippen LogP contribution >= 0.6 is 0 Å². The third kappa shape index (κ3) is 4.72. The maximum absolute atomic E-state index is 3.59. The first-order chi connectivity index (χ1) is 17.1. The Balaban J connectivity index is 1.24. The Bertz CT molecular complexity index is 1010. The molecule has 0 radical (unpaired) electrons. The van der Waals surface area contributed by atoms with Crippen LogP contribution in [0, 0.1) is 5.41 Å². The predicted molar refractivity (Wildman–Crippen MR) is 146 cm³/mol. The third-order valence-electron chi connectivity index (χ3n) is 9.84. The molecule has 2 aromatic rings. The van der Waals surface area contributed by atoms with Gasteiger partial charge in [0.1, 0.15) is 0 Å². The summed E-state index contributed by atoms with van der Waals surface area (Å²) in [6.45, 7) is 11.9. The van der Waals surface area contributed by atoms with Crippen LogP contribution in [0.15, 0.2) is 42.5 Å². The molecular weight excluding hydrogens is 426 g/mol. The average Bonchev–Trinajstić information content (AvgIpc) is 2.88. The van der Waals surface area contributed by atoms with E-state index in [2.05, 4.69) is 71.4 Å². The van der Waals surface area contributed by atoms with Crippen LogP contribution in [-0.2, 0) is 19.4 Å². The summed E-state index contributed by atoms with van der Waals surface area (Å²) in [5.74, 6) is 0.571. The summed E-state index contributed by atoms with van der Waals surface area (Å²) in [4.78, 5) is 5.72. The van der Waals surface area contributed by atoms with Crippen molar-refractivity contribution in [2.75, 3.05) is 32.7 Å². The van der Waals surface area contributed by atoms with Gasteiger partial charge in [0.15, 0.2) is 0 Å². The lowest BCUT2D eigenvalue weighted by Gasteiger charge is -2.57. The maximum Gasteiger partial charge on any atom is 0.0481 e. The van der Waals surface area contributed by atoms with Crippen LogP contribution in [-0.4, -0.2) is 48.6 Å². The average molecular weight is 472 g/mol. The highest BCUT2D eigenvalue weighted by Crippen LogP contribution is 2.52. The fourth-order valence-electron chi connectivity index (χ4n) is 7.84. The molecule has 1 atom stereocenters. The Kier molecular flexibility index (Phi) is 6.77. The molecule has 0 bridgehead atoms. The van der Waals surface area contributed by atoms with E-state index in [4.69, 9.17) is 0 Å². The molecule has 3 fully saturated rings. The summed E-state index contributed by atoms with van der Waals surface area (Å²) in [6.07, 6.45) is 10.9. The number of hydrogen-bond donors (Lipinski definition) is 1. The molecule has 2 aromatic carbocycles. The summed E-state index contributed by atoms with van der Waals surface area (Å²) < 4.78 is 0. The molecule has 1 unspecified atom stereocenters. The van der Waals surface area contributed by atoms with Gasteiger partial charge < -0.3 is 5.32 Å². The van der Waals surface area contributed by atoms with Crippen LogP contribution in [0.2, 0.25) is 0 Å². The van der Waals surface area contributed by atoms with E-state index >= 15 is 0 Å². The smallest absolute Gasteiger partial charge is 0.0481 e. The Morgan fingerprint density at radius 3 is 2.57 bits per heavy atom. The zero-order valence-corrected chi connectivity index (χ0v) is 22.1. The molecule has 2 saturated heterocycles. The van der Waals surface area contributed by atoms with E-state index < -0.39 is 0 Å². The molecule has 1 N–H and O–H groups in total. The van der Waals surface area contributed by atoms with Crippen LogP contribution in [0.5, 0.6) is 0 Å². The Morgan fingerprint density at radius 2 is 1.74 bits per heavy atom. The lowest BCUT2D eigenvalue weighted by atomic mass is 9.60. The molecule has 0 amide bonds. The number of benzene rings is 2.